The molecule has 6 heteroatoms. The monoisotopic (exact) mass is 254 g/mol. The lowest BCUT2D eigenvalue weighted by atomic mass is 10.4. The molecule has 1 atom stereocenters. The summed E-state index contributed by atoms with van der Waals surface area (Å²) in [7, 11) is -3.23. The van der Waals surface area contributed by atoms with Crippen molar-refractivity contribution in [3.05, 3.63) is 0 Å². The molecule has 0 radical (unpaired) electrons. The van der Waals surface area contributed by atoms with E-state index >= 15 is 0 Å². The van der Waals surface area contributed by atoms with Crippen molar-refractivity contribution < 1.29 is 23.5 Å². The predicted octanol–water partition coefficient (Wildman–Crippen LogP) is 2.38. The number of hydrogen-bond donors (Lipinski definition) is 1. The summed E-state index contributed by atoms with van der Waals surface area (Å²) in [5.74, 6) is 0. The topological polar surface area (TPSA) is 65.0 Å². The lowest BCUT2D eigenvalue weighted by molar-refractivity contribution is 0.0305. The Morgan fingerprint density at radius 2 is 1.50 bits per heavy atom. The van der Waals surface area contributed by atoms with E-state index in [1.165, 1.54) is 0 Å². The average Bonchev–Trinajstić information content (AvgIpc) is 2.11. The summed E-state index contributed by atoms with van der Waals surface area (Å²) in [6.07, 6.45) is -0.902. The van der Waals surface area contributed by atoms with Gasteiger partial charge in [-0.05, 0) is 34.6 Å². The summed E-state index contributed by atoms with van der Waals surface area (Å²) in [5.41, 5.74) is 0. The van der Waals surface area contributed by atoms with Gasteiger partial charge in [0.2, 0.25) is 0 Å². The van der Waals surface area contributed by atoms with Gasteiger partial charge < -0.3 is 18.9 Å². The lowest BCUT2D eigenvalue weighted by Gasteiger charge is -2.23. The number of hydrogen-bond acceptors (Lipinski definition) is 5. The molecule has 0 saturated carbocycles. The first-order valence-electron chi connectivity index (χ1n) is 5.47. The van der Waals surface area contributed by atoms with Crippen molar-refractivity contribution in [1.29, 1.82) is 0 Å². The van der Waals surface area contributed by atoms with Gasteiger partial charge >= 0.3 is 7.60 Å². The molecule has 0 spiro atoms. The maximum Gasteiger partial charge on any atom is 0.356 e. The van der Waals surface area contributed by atoms with Crippen molar-refractivity contribution in [2.24, 2.45) is 0 Å². The zero-order chi connectivity index (χ0) is 12.8. The van der Waals surface area contributed by atoms with Gasteiger partial charge in [0.25, 0.3) is 0 Å². The molecule has 0 saturated heterocycles. The molecule has 1 unspecified atom stereocenters. The van der Waals surface area contributed by atoms with Crippen LogP contribution >= 0.6 is 7.60 Å². The van der Waals surface area contributed by atoms with Gasteiger partial charge in [-0.3, -0.25) is 4.57 Å². The summed E-state index contributed by atoms with van der Waals surface area (Å²) in [6.45, 7) is 8.70. The third-order valence-corrected chi connectivity index (χ3v) is 3.47. The Morgan fingerprint density at radius 1 is 1.06 bits per heavy atom. The van der Waals surface area contributed by atoms with Crippen molar-refractivity contribution >= 4 is 7.60 Å². The van der Waals surface area contributed by atoms with E-state index in [0.29, 0.717) is 0 Å². The highest BCUT2D eigenvalue weighted by Gasteiger charge is 2.28. The molecule has 0 fully saturated rings. The van der Waals surface area contributed by atoms with E-state index < -0.39 is 7.60 Å². The Kier molecular flexibility index (Phi) is 7.44. The number of rotatable bonds is 8. The van der Waals surface area contributed by atoms with E-state index in [-0.39, 0.29) is 31.3 Å². The molecular weight excluding hydrogens is 231 g/mol. The molecule has 0 rings (SSSR count). The zero-order valence-corrected chi connectivity index (χ0v) is 11.6. The third-order valence-electron chi connectivity index (χ3n) is 1.52. The second-order valence-electron chi connectivity index (χ2n) is 4.21. The highest BCUT2D eigenvalue weighted by molar-refractivity contribution is 7.53. The van der Waals surface area contributed by atoms with Crippen LogP contribution < -0.4 is 0 Å². The lowest BCUT2D eigenvalue weighted by Crippen LogP contribution is -2.17. The van der Waals surface area contributed by atoms with Crippen molar-refractivity contribution in [1.82, 2.24) is 0 Å². The van der Waals surface area contributed by atoms with Gasteiger partial charge in [-0.1, -0.05) is 0 Å². The first-order chi connectivity index (χ1) is 7.29. The van der Waals surface area contributed by atoms with Crippen LogP contribution in [0.15, 0.2) is 0 Å². The van der Waals surface area contributed by atoms with Gasteiger partial charge in [0, 0.05) is 0 Å². The van der Waals surface area contributed by atoms with Crippen LogP contribution in [0, 0.1) is 0 Å². The molecule has 0 aromatic heterocycles. The number of aliphatic hydroxyl groups is 1. The van der Waals surface area contributed by atoms with E-state index in [0.717, 1.165) is 0 Å². The van der Waals surface area contributed by atoms with Gasteiger partial charge in [0.05, 0.1) is 24.9 Å². The van der Waals surface area contributed by atoms with E-state index in [9.17, 15) is 4.57 Å². The minimum absolute atomic E-state index is 0.122. The molecule has 0 aliphatic heterocycles. The summed E-state index contributed by atoms with van der Waals surface area (Å²) in [6, 6.07) is 0. The van der Waals surface area contributed by atoms with Crippen molar-refractivity contribution in [2.75, 3.05) is 13.0 Å². The fourth-order valence-electron chi connectivity index (χ4n) is 0.999. The maximum absolute atomic E-state index is 12.2. The Balaban J connectivity index is 4.36. The molecule has 0 aromatic carbocycles. The first-order valence-corrected chi connectivity index (χ1v) is 7.20. The van der Waals surface area contributed by atoms with E-state index in [1.807, 2.05) is 0 Å². The molecule has 16 heavy (non-hydrogen) atoms. The molecule has 0 aliphatic carbocycles. The standard InChI is InChI=1S/C10H23O5P/c1-8(2)14-16(12,15-9(3)4)7-13-10(5)6-11/h8-11H,6-7H2,1-5H3. The van der Waals surface area contributed by atoms with Crippen LogP contribution in [-0.4, -0.2) is 36.4 Å². The van der Waals surface area contributed by atoms with E-state index in [4.69, 9.17) is 18.9 Å². The average molecular weight is 254 g/mol. The highest BCUT2D eigenvalue weighted by Crippen LogP contribution is 2.50. The summed E-state index contributed by atoms with van der Waals surface area (Å²) < 4.78 is 27.9. The van der Waals surface area contributed by atoms with Gasteiger partial charge in [-0.2, -0.15) is 0 Å². The van der Waals surface area contributed by atoms with Crippen LogP contribution in [-0.2, 0) is 18.3 Å². The van der Waals surface area contributed by atoms with Crippen molar-refractivity contribution in [3.63, 3.8) is 0 Å². The molecule has 1 N–H and O–H groups in total. The highest BCUT2D eigenvalue weighted by atomic mass is 31.2. The zero-order valence-electron chi connectivity index (χ0n) is 10.7. The minimum atomic E-state index is -3.23. The fraction of sp³-hybridized carbons (Fsp3) is 1.00. The molecule has 0 bridgehead atoms. The predicted molar refractivity (Wildman–Crippen MR) is 62.5 cm³/mol. The summed E-state index contributed by atoms with van der Waals surface area (Å²) >= 11 is 0. The SMILES string of the molecule is CC(C)OP(=O)(COC(C)CO)OC(C)C. The van der Waals surface area contributed by atoms with Crippen LogP contribution in [0.5, 0.6) is 0 Å². The summed E-state index contributed by atoms with van der Waals surface area (Å²) in [5, 5.41) is 8.80. The second-order valence-corrected chi connectivity index (χ2v) is 6.11. The molecule has 0 heterocycles. The fourth-order valence-corrected chi connectivity index (χ4v) is 2.89. The number of aliphatic hydroxyl groups excluding tert-OH is 1. The Labute approximate surface area is 97.6 Å². The quantitative estimate of drug-likeness (QED) is 0.674. The molecule has 5 nitrogen and oxygen atoms in total. The van der Waals surface area contributed by atoms with Crippen LogP contribution in [0.1, 0.15) is 34.6 Å². The normalized spacial score (nSPS) is 14.8. The largest absolute Gasteiger partial charge is 0.394 e. The Morgan fingerprint density at radius 3 is 1.81 bits per heavy atom. The van der Waals surface area contributed by atoms with Gasteiger partial charge in [-0.25, -0.2) is 0 Å². The molecule has 0 aliphatic rings. The van der Waals surface area contributed by atoms with E-state index in [2.05, 4.69) is 0 Å². The maximum atomic E-state index is 12.2. The smallest absolute Gasteiger partial charge is 0.356 e. The van der Waals surface area contributed by atoms with Crippen molar-refractivity contribution in [3.8, 4) is 0 Å². The Hall–Kier alpha value is 0.0700. The van der Waals surface area contributed by atoms with Gasteiger partial charge in [-0.15, -0.1) is 0 Å². The number of ether oxygens (including phenoxy) is 1. The second kappa shape index (κ2) is 7.41. The molecule has 98 valence electrons. The molecule has 0 amide bonds. The minimum Gasteiger partial charge on any atom is -0.394 e. The van der Waals surface area contributed by atoms with Gasteiger partial charge in [0.15, 0.2) is 0 Å². The first kappa shape index (κ1) is 16.1. The third kappa shape index (κ3) is 7.36. The summed E-state index contributed by atoms with van der Waals surface area (Å²) in [4.78, 5) is 0. The van der Waals surface area contributed by atoms with Crippen LogP contribution in [0.4, 0.5) is 0 Å². The van der Waals surface area contributed by atoms with Crippen LogP contribution in [0.3, 0.4) is 0 Å². The Bertz CT molecular complexity index is 215. The van der Waals surface area contributed by atoms with Crippen molar-refractivity contribution in [2.45, 2.75) is 52.9 Å². The van der Waals surface area contributed by atoms with Crippen LogP contribution in [0.2, 0.25) is 0 Å². The molecular formula is C10H23O5P. The van der Waals surface area contributed by atoms with Crippen LogP contribution in [0.25, 0.3) is 0 Å². The van der Waals surface area contributed by atoms with E-state index in [1.54, 1.807) is 34.6 Å². The van der Waals surface area contributed by atoms with Gasteiger partial charge in [0.1, 0.15) is 6.35 Å². The molecule has 0 aromatic rings.